The normalized spacial score (nSPS) is 14.5. The van der Waals surface area contributed by atoms with Crippen LogP contribution in [0, 0.1) is 0 Å². The molecule has 0 spiro atoms. The molecule has 0 radical (unpaired) electrons. The van der Waals surface area contributed by atoms with E-state index in [9.17, 15) is 10.2 Å². The van der Waals surface area contributed by atoms with Crippen LogP contribution < -0.4 is 0 Å². The van der Waals surface area contributed by atoms with Crippen molar-refractivity contribution in [1.82, 2.24) is 0 Å². The monoisotopic (exact) mass is 304 g/mol. The highest BCUT2D eigenvalue weighted by Crippen LogP contribution is 2.09. The summed E-state index contributed by atoms with van der Waals surface area (Å²) in [5.74, 6) is 0. The molecule has 1 rings (SSSR count). The Morgan fingerprint density at radius 3 is 2.41 bits per heavy atom. The molecule has 0 bridgehead atoms. The first-order chi connectivity index (χ1) is 10.5. The van der Waals surface area contributed by atoms with Gasteiger partial charge in [-0.25, -0.2) is 0 Å². The van der Waals surface area contributed by atoms with Crippen molar-refractivity contribution in [3.8, 4) is 0 Å². The summed E-state index contributed by atoms with van der Waals surface area (Å²) < 4.78 is 5.29. The molecule has 0 aliphatic rings. The second-order valence-corrected chi connectivity index (χ2v) is 5.85. The third-order valence-electron chi connectivity index (χ3n) is 3.41. The highest BCUT2D eigenvalue weighted by Gasteiger charge is 2.16. The zero-order valence-corrected chi connectivity index (χ0v) is 13.8. The van der Waals surface area contributed by atoms with Crippen LogP contribution in [0.5, 0.6) is 0 Å². The van der Waals surface area contributed by atoms with Crippen molar-refractivity contribution in [2.75, 3.05) is 6.61 Å². The Bertz CT molecular complexity index is 473. The molecule has 1 aromatic rings. The smallest absolute Gasteiger partial charge is 0.181 e. The topological polar surface area (TPSA) is 49.7 Å². The number of aliphatic hydroxyl groups excluding tert-OH is 2. The van der Waals surface area contributed by atoms with Crippen LogP contribution in [0.25, 0.3) is 0 Å². The van der Waals surface area contributed by atoms with Crippen molar-refractivity contribution in [2.45, 2.75) is 52.4 Å². The van der Waals surface area contributed by atoms with Crippen LogP contribution in [0.15, 0.2) is 53.6 Å². The average Bonchev–Trinajstić information content (AvgIpc) is 2.47. The van der Waals surface area contributed by atoms with Crippen molar-refractivity contribution >= 4 is 0 Å². The number of aliphatic hydroxyl groups is 2. The molecule has 0 aliphatic heterocycles. The lowest BCUT2D eigenvalue weighted by atomic mass is 10.1. The van der Waals surface area contributed by atoms with Crippen LogP contribution in [0.2, 0.25) is 0 Å². The van der Waals surface area contributed by atoms with Gasteiger partial charge in [0.05, 0.1) is 6.61 Å². The Morgan fingerprint density at radius 2 is 1.77 bits per heavy atom. The zero-order chi connectivity index (χ0) is 16.4. The molecule has 0 fully saturated rings. The molecule has 122 valence electrons. The fourth-order valence-corrected chi connectivity index (χ4v) is 2.05. The van der Waals surface area contributed by atoms with Gasteiger partial charge in [0.25, 0.3) is 0 Å². The summed E-state index contributed by atoms with van der Waals surface area (Å²) in [5, 5.41) is 19.8. The first kappa shape index (κ1) is 18.6. The molecule has 0 saturated carbocycles. The summed E-state index contributed by atoms with van der Waals surface area (Å²) in [7, 11) is 0. The molecule has 0 saturated heterocycles. The van der Waals surface area contributed by atoms with Crippen LogP contribution in [0.4, 0.5) is 0 Å². The Hall–Kier alpha value is -1.42. The number of benzene rings is 1. The first-order valence-electron chi connectivity index (χ1n) is 7.79. The third kappa shape index (κ3) is 8.13. The predicted molar refractivity (Wildman–Crippen MR) is 90.5 cm³/mol. The molecule has 0 aliphatic carbocycles. The molecule has 1 aromatic carbocycles. The van der Waals surface area contributed by atoms with Crippen LogP contribution in [-0.2, 0) is 11.2 Å². The number of hydrogen-bond acceptors (Lipinski definition) is 3. The molecule has 0 aromatic heterocycles. The first-order valence-corrected chi connectivity index (χ1v) is 7.79. The Balaban J connectivity index is 2.29. The van der Waals surface area contributed by atoms with Crippen molar-refractivity contribution in [3.05, 3.63) is 59.2 Å². The van der Waals surface area contributed by atoms with E-state index in [2.05, 4.69) is 26.8 Å². The van der Waals surface area contributed by atoms with Gasteiger partial charge in [-0.2, -0.15) is 0 Å². The van der Waals surface area contributed by atoms with E-state index in [1.807, 2.05) is 36.4 Å². The van der Waals surface area contributed by atoms with Gasteiger partial charge in [0.1, 0.15) is 6.10 Å². The van der Waals surface area contributed by atoms with Crippen molar-refractivity contribution in [1.29, 1.82) is 0 Å². The minimum atomic E-state index is -1.16. The Morgan fingerprint density at radius 1 is 1.09 bits per heavy atom. The lowest BCUT2D eigenvalue weighted by molar-refractivity contribution is -0.153. The lowest BCUT2D eigenvalue weighted by Gasteiger charge is -2.17. The summed E-state index contributed by atoms with van der Waals surface area (Å²) in [6.45, 7) is 6.54. The average molecular weight is 304 g/mol. The maximum Gasteiger partial charge on any atom is 0.181 e. The summed E-state index contributed by atoms with van der Waals surface area (Å²) in [4.78, 5) is 0. The number of ether oxygens (including phenoxy) is 1. The van der Waals surface area contributed by atoms with Crippen LogP contribution >= 0.6 is 0 Å². The molecule has 3 heteroatoms. The van der Waals surface area contributed by atoms with E-state index in [1.54, 1.807) is 0 Å². The lowest BCUT2D eigenvalue weighted by Crippen LogP contribution is -2.30. The fraction of sp³-hybridized carbons (Fsp3) is 0.474. The molecule has 2 atom stereocenters. The molecular weight excluding hydrogens is 276 g/mol. The minimum Gasteiger partial charge on any atom is -0.387 e. The molecule has 3 nitrogen and oxygen atoms in total. The van der Waals surface area contributed by atoms with E-state index < -0.39 is 12.4 Å². The van der Waals surface area contributed by atoms with Crippen LogP contribution in [0.3, 0.4) is 0 Å². The highest BCUT2D eigenvalue weighted by molar-refractivity contribution is 5.15. The number of rotatable bonds is 9. The van der Waals surface area contributed by atoms with Gasteiger partial charge in [0, 0.05) is 6.42 Å². The van der Waals surface area contributed by atoms with E-state index in [0.717, 1.165) is 18.4 Å². The largest absolute Gasteiger partial charge is 0.387 e. The van der Waals surface area contributed by atoms with Gasteiger partial charge < -0.3 is 14.9 Å². The SMILES string of the molecule is CC(C)=CCCC(C)=CCOC(O)C(O)Cc1ccccc1. The Kier molecular flexibility index (Phi) is 8.75. The summed E-state index contributed by atoms with van der Waals surface area (Å²) in [6.07, 6.45) is 4.46. The van der Waals surface area contributed by atoms with Gasteiger partial charge in [-0.05, 0) is 39.2 Å². The minimum absolute atomic E-state index is 0.313. The molecular formula is C19H28O3. The van der Waals surface area contributed by atoms with Crippen molar-refractivity contribution < 1.29 is 14.9 Å². The van der Waals surface area contributed by atoms with Gasteiger partial charge in [-0.15, -0.1) is 0 Å². The van der Waals surface area contributed by atoms with Crippen LogP contribution in [0.1, 0.15) is 39.2 Å². The molecule has 0 heterocycles. The van der Waals surface area contributed by atoms with Gasteiger partial charge in [0.2, 0.25) is 0 Å². The van der Waals surface area contributed by atoms with E-state index in [0.29, 0.717) is 13.0 Å². The van der Waals surface area contributed by atoms with Gasteiger partial charge in [0.15, 0.2) is 6.29 Å². The molecule has 0 amide bonds. The van der Waals surface area contributed by atoms with Gasteiger partial charge in [-0.1, -0.05) is 53.6 Å². The standard InChI is InChI=1S/C19H28O3/c1-15(2)8-7-9-16(3)12-13-22-19(21)18(20)14-17-10-5-4-6-11-17/h4-6,8,10-12,18-21H,7,9,13-14H2,1-3H3. The number of allylic oxidation sites excluding steroid dienone is 3. The van der Waals surface area contributed by atoms with Crippen molar-refractivity contribution in [3.63, 3.8) is 0 Å². The maximum atomic E-state index is 9.94. The summed E-state index contributed by atoms with van der Waals surface area (Å²) >= 11 is 0. The second kappa shape index (κ2) is 10.3. The molecule has 2 N–H and O–H groups in total. The van der Waals surface area contributed by atoms with E-state index in [4.69, 9.17) is 4.74 Å². The van der Waals surface area contributed by atoms with E-state index in [1.165, 1.54) is 11.1 Å². The quantitative estimate of drug-likeness (QED) is 0.541. The van der Waals surface area contributed by atoms with Gasteiger partial charge in [-0.3, -0.25) is 0 Å². The fourth-order valence-electron chi connectivity index (χ4n) is 2.05. The zero-order valence-electron chi connectivity index (χ0n) is 13.8. The number of hydrogen-bond donors (Lipinski definition) is 2. The maximum absolute atomic E-state index is 9.94. The molecule has 22 heavy (non-hydrogen) atoms. The van der Waals surface area contributed by atoms with E-state index >= 15 is 0 Å². The molecule has 2 unspecified atom stereocenters. The van der Waals surface area contributed by atoms with Gasteiger partial charge >= 0.3 is 0 Å². The second-order valence-electron chi connectivity index (χ2n) is 5.85. The van der Waals surface area contributed by atoms with E-state index in [-0.39, 0.29) is 0 Å². The van der Waals surface area contributed by atoms with Crippen molar-refractivity contribution in [2.24, 2.45) is 0 Å². The summed E-state index contributed by atoms with van der Waals surface area (Å²) in [6, 6.07) is 9.58. The predicted octanol–water partition coefficient (Wildman–Crippen LogP) is 3.62. The van der Waals surface area contributed by atoms with Crippen LogP contribution in [-0.4, -0.2) is 29.2 Å². The highest BCUT2D eigenvalue weighted by atomic mass is 16.6. The third-order valence-corrected chi connectivity index (χ3v) is 3.41. The Labute approximate surface area is 133 Å². The summed E-state index contributed by atoms with van der Waals surface area (Å²) in [5.41, 5.74) is 3.52.